The summed E-state index contributed by atoms with van der Waals surface area (Å²) in [7, 11) is 0. The highest BCUT2D eigenvalue weighted by Crippen LogP contribution is 2.32. The predicted octanol–water partition coefficient (Wildman–Crippen LogP) is 5.01. The molecule has 0 spiro atoms. The van der Waals surface area contributed by atoms with Gasteiger partial charge in [-0.25, -0.2) is 9.97 Å². The molecular formula is C20H20N6OS. The topological polar surface area (TPSA) is 88.6 Å². The Morgan fingerprint density at radius 3 is 2.86 bits per heavy atom. The maximum Gasteiger partial charge on any atom is 0.238 e. The lowest BCUT2D eigenvalue weighted by atomic mass is 9.96. The number of fused-ring (bicyclic) bond motifs is 1. The predicted molar refractivity (Wildman–Crippen MR) is 110 cm³/mol. The Morgan fingerprint density at radius 1 is 1.07 bits per heavy atom. The number of aromatic amines is 1. The summed E-state index contributed by atoms with van der Waals surface area (Å²) in [4.78, 5) is 13.4. The van der Waals surface area contributed by atoms with E-state index < -0.39 is 0 Å². The average Bonchev–Trinajstić information content (AvgIpc) is 3.38. The van der Waals surface area contributed by atoms with Crippen molar-refractivity contribution in [3.05, 3.63) is 43.0 Å². The first-order valence-corrected chi connectivity index (χ1v) is 10.3. The van der Waals surface area contributed by atoms with Crippen molar-refractivity contribution in [2.75, 3.05) is 5.32 Å². The van der Waals surface area contributed by atoms with Crippen LogP contribution in [0.4, 0.5) is 5.13 Å². The molecule has 1 aliphatic rings. The van der Waals surface area contributed by atoms with Crippen LogP contribution in [0.3, 0.4) is 0 Å². The molecule has 1 aromatic carbocycles. The van der Waals surface area contributed by atoms with E-state index in [9.17, 15) is 0 Å². The maximum atomic E-state index is 5.94. The second kappa shape index (κ2) is 7.55. The number of benzene rings is 1. The van der Waals surface area contributed by atoms with E-state index in [1.54, 1.807) is 36.1 Å². The summed E-state index contributed by atoms with van der Waals surface area (Å²) in [5.41, 5.74) is 2.56. The van der Waals surface area contributed by atoms with Gasteiger partial charge >= 0.3 is 0 Å². The number of H-pyrrole nitrogens is 1. The number of thiazole rings is 1. The molecule has 0 amide bonds. The second-order valence-corrected chi connectivity index (χ2v) is 7.99. The van der Waals surface area contributed by atoms with Crippen LogP contribution < -0.4 is 10.1 Å². The minimum absolute atomic E-state index is 0.447. The van der Waals surface area contributed by atoms with Crippen molar-refractivity contribution in [2.45, 2.75) is 38.1 Å². The highest BCUT2D eigenvalue weighted by Gasteiger charge is 2.15. The number of anilines is 1. The zero-order valence-corrected chi connectivity index (χ0v) is 16.1. The Bertz CT molecular complexity index is 1070. The lowest BCUT2D eigenvalue weighted by Gasteiger charge is -2.22. The monoisotopic (exact) mass is 392 g/mol. The number of aromatic nitrogens is 5. The molecule has 1 aliphatic carbocycles. The number of nitrogens with zero attached hydrogens (tertiary/aromatic N) is 4. The highest BCUT2D eigenvalue weighted by molar-refractivity contribution is 7.22. The zero-order valence-electron chi connectivity index (χ0n) is 15.3. The van der Waals surface area contributed by atoms with E-state index in [4.69, 9.17) is 9.72 Å². The minimum Gasteiger partial charge on any atom is -0.437 e. The van der Waals surface area contributed by atoms with E-state index >= 15 is 0 Å². The quantitative estimate of drug-likeness (QED) is 0.496. The van der Waals surface area contributed by atoms with Crippen LogP contribution in [0.2, 0.25) is 0 Å². The van der Waals surface area contributed by atoms with Crippen LogP contribution >= 0.6 is 11.3 Å². The maximum absolute atomic E-state index is 5.94. The normalized spacial score (nSPS) is 15.0. The fourth-order valence-corrected chi connectivity index (χ4v) is 4.47. The molecule has 5 rings (SSSR count). The Balaban J connectivity index is 1.34. The van der Waals surface area contributed by atoms with Crippen LogP contribution in [0.25, 0.3) is 21.5 Å². The van der Waals surface area contributed by atoms with E-state index in [1.165, 1.54) is 32.1 Å². The largest absolute Gasteiger partial charge is 0.437 e. The molecule has 8 heteroatoms. The van der Waals surface area contributed by atoms with Gasteiger partial charge in [-0.15, -0.1) is 0 Å². The molecule has 7 nitrogen and oxygen atoms in total. The minimum atomic E-state index is 0.447. The fraction of sp³-hybridized carbons (Fsp3) is 0.300. The Morgan fingerprint density at radius 2 is 2.00 bits per heavy atom. The third kappa shape index (κ3) is 3.68. The molecule has 0 bridgehead atoms. The third-order valence-corrected chi connectivity index (χ3v) is 5.87. The van der Waals surface area contributed by atoms with E-state index in [2.05, 4.69) is 25.5 Å². The van der Waals surface area contributed by atoms with E-state index in [1.807, 2.05) is 18.2 Å². The summed E-state index contributed by atoms with van der Waals surface area (Å²) in [6, 6.07) is 6.45. The Labute approximate surface area is 166 Å². The van der Waals surface area contributed by atoms with Crippen LogP contribution in [-0.4, -0.2) is 31.2 Å². The molecule has 0 saturated heterocycles. The van der Waals surface area contributed by atoms with Gasteiger partial charge in [0, 0.05) is 23.9 Å². The molecular weight excluding hydrogens is 372 g/mol. The summed E-state index contributed by atoms with van der Waals surface area (Å²) in [6.45, 7) is 0. The van der Waals surface area contributed by atoms with Gasteiger partial charge in [-0.1, -0.05) is 30.6 Å². The summed E-state index contributed by atoms with van der Waals surface area (Å²) >= 11 is 1.67. The zero-order chi connectivity index (χ0) is 18.8. The molecule has 0 atom stereocenters. The van der Waals surface area contributed by atoms with E-state index in [0.717, 1.165) is 26.7 Å². The summed E-state index contributed by atoms with van der Waals surface area (Å²) < 4.78 is 7.03. The average molecular weight is 392 g/mol. The van der Waals surface area contributed by atoms with Crippen LogP contribution in [0.1, 0.15) is 32.1 Å². The number of rotatable bonds is 5. The molecule has 3 aromatic heterocycles. The van der Waals surface area contributed by atoms with Gasteiger partial charge in [0.1, 0.15) is 5.75 Å². The van der Waals surface area contributed by atoms with Crippen molar-refractivity contribution in [3.63, 3.8) is 0 Å². The molecule has 0 aliphatic heterocycles. The molecule has 142 valence electrons. The first-order valence-electron chi connectivity index (χ1n) is 9.50. The van der Waals surface area contributed by atoms with Crippen molar-refractivity contribution in [1.82, 2.24) is 25.1 Å². The van der Waals surface area contributed by atoms with Gasteiger partial charge in [-0.3, -0.25) is 10.1 Å². The first-order chi connectivity index (χ1) is 13.8. The first kappa shape index (κ1) is 17.1. The van der Waals surface area contributed by atoms with E-state index in [0.29, 0.717) is 17.6 Å². The van der Waals surface area contributed by atoms with Crippen molar-refractivity contribution in [2.24, 2.45) is 0 Å². The molecule has 28 heavy (non-hydrogen) atoms. The molecule has 4 aromatic rings. The SMILES string of the molecule is c1cc2nc(NC3CCCCC3)sc2cc1Oc1cncc(-c2cn[nH]c2)n1. The van der Waals surface area contributed by atoms with Crippen molar-refractivity contribution >= 4 is 26.7 Å². The van der Waals surface area contributed by atoms with Crippen molar-refractivity contribution in [3.8, 4) is 22.9 Å². The second-order valence-electron chi connectivity index (χ2n) is 6.96. The van der Waals surface area contributed by atoms with Gasteiger partial charge in [0.05, 0.1) is 34.5 Å². The standard InChI is InChI=1S/C20H20N6OS/c1-2-4-14(5-3-1)24-20-26-16-7-6-15(8-18(16)28-20)27-19-12-21-11-17(25-19)13-9-22-23-10-13/h6-12,14H,1-5H2,(H,22,23)(H,24,26). The van der Waals surface area contributed by atoms with Crippen molar-refractivity contribution < 1.29 is 4.74 Å². The van der Waals surface area contributed by atoms with Gasteiger partial charge in [0.2, 0.25) is 5.88 Å². The van der Waals surface area contributed by atoms with Crippen LogP contribution in [0.5, 0.6) is 11.6 Å². The summed E-state index contributed by atoms with van der Waals surface area (Å²) in [5, 5.41) is 11.3. The lowest BCUT2D eigenvalue weighted by Crippen LogP contribution is -2.21. The van der Waals surface area contributed by atoms with Gasteiger partial charge < -0.3 is 10.1 Å². The number of nitrogens with one attached hydrogen (secondary N) is 2. The Hall–Kier alpha value is -3.00. The molecule has 1 saturated carbocycles. The molecule has 3 heterocycles. The summed E-state index contributed by atoms with van der Waals surface area (Å²) in [6.07, 6.45) is 13.2. The molecule has 2 N–H and O–H groups in total. The van der Waals surface area contributed by atoms with Crippen LogP contribution in [0, 0.1) is 0 Å². The van der Waals surface area contributed by atoms with Crippen molar-refractivity contribution in [1.29, 1.82) is 0 Å². The van der Waals surface area contributed by atoms with Crippen LogP contribution in [-0.2, 0) is 0 Å². The van der Waals surface area contributed by atoms with Gasteiger partial charge in [-0.2, -0.15) is 5.10 Å². The van der Waals surface area contributed by atoms with E-state index in [-0.39, 0.29) is 0 Å². The van der Waals surface area contributed by atoms with Gasteiger partial charge in [-0.05, 0) is 25.0 Å². The molecule has 0 unspecified atom stereocenters. The number of ether oxygens (including phenoxy) is 1. The smallest absolute Gasteiger partial charge is 0.238 e. The summed E-state index contributed by atoms with van der Waals surface area (Å²) in [5.74, 6) is 1.17. The Kier molecular flexibility index (Phi) is 4.62. The van der Waals surface area contributed by atoms with Crippen LogP contribution in [0.15, 0.2) is 43.0 Å². The number of hydrogen-bond donors (Lipinski definition) is 2. The lowest BCUT2D eigenvalue weighted by molar-refractivity contribution is 0.461. The third-order valence-electron chi connectivity index (χ3n) is 4.92. The van der Waals surface area contributed by atoms with Gasteiger partial charge in [0.15, 0.2) is 5.13 Å². The highest BCUT2D eigenvalue weighted by atomic mass is 32.1. The fourth-order valence-electron chi connectivity index (χ4n) is 3.50. The molecule has 1 fully saturated rings. The molecule has 0 radical (unpaired) electrons. The number of hydrogen-bond acceptors (Lipinski definition) is 7. The van der Waals surface area contributed by atoms with Gasteiger partial charge in [0.25, 0.3) is 0 Å².